The molecule has 3 heteroatoms. The molecule has 19 heavy (non-hydrogen) atoms. The predicted molar refractivity (Wildman–Crippen MR) is 78.1 cm³/mol. The van der Waals surface area contributed by atoms with Crippen molar-refractivity contribution in [3.8, 4) is 16.9 Å². The Hall–Kier alpha value is -2.55. The maximum Gasteiger partial charge on any atom is 0.0882 e. The molecule has 1 heterocycles. The van der Waals surface area contributed by atoms with Crippen molar-refractivity contribution in [3.05, 3.63) is 66.4 Å². The van der Waals surface area contributed by atoms with Crippen molar-refractivity contribution in [2.45, 2.75) is 6.92 Å². The molecule has 0 aliphatic heterocycles. The number of nitrogens with two attached hydrogens (primary N) is 1. The minimum Gasteiger partial charge on any atom is -0.397 e. The minimum atomic E-state index is 0.725. The second kappa shape index (κ2) is 4.61. The van der Waals surface area contributed by atoms with E-state index in [0.29, 0.717) is 0 Å². The SMILES string of the molecule is Cc1cc(-c2ccccc2)n(-c2ccccc2N)n1. The van der Waals surface area contributed by atoms with E-state index in [-0.39, 0.29) is 0 Å². The number of nitrogens with zero attached hydrogens (tertiary/aromatic N) is 2. The standard InChI is InChI=1S/C16H15N3/c1-12-11-16(13-7-3-2-4-8-13)19(18-12)15-10-6-5-9-14(15)17/h2-11H,17H2,1H3. The largest absolute Gasteiger partial charge is 0.397 e. The lowest BCUT2D eigenvalue weighted by atomic mass is 10.1. The average molecular weight is 249 g/mol. The molecule has 3 aromatic rings. The van der Waals surface area contributed by atoms with Crippen LogP contribution in [0.15, 0.2) is 60.7 Å². The zero-order valence-electron chi connectivity index (χ0n) is 10.7. The van der Waals surface area contributed by atoms with Crippen LogP contribution in [0.5, 0.6) is 0 Å². The van der Waals surface area contributed by atoms with Crippen molar-refractivity contribution in [2.24, 2.45) is 0 Å². The van der Waals surface area contributed by atoms with E-state index >= 15 is 0 Å². The molecule has 0 saturated heterocycles. The van der Waals surface area contributed by atoms with Gasteiger partial charge in [0, 0.05) is 5.56 Å². The predicted octanol–water partition coefficient (Wildman–Crippen LogP) is 3.43. The second-order valence-corrected chi connectivity index (χ2v) is 4.51. The summed E-state index contributed by atoms with van der Waals surface area (Å²) in [6, 6.07) is 20.0. The lowest BCUT2D eigenvalue weighted by molar-refractivity contribution is 0.871. The number of hydrogen-bond donors (Lipinski definition) is 1. The number of rotatable bonds is 2. The lowest BCUT2D eigenvalue weighted by Gasteiger charge is -2.09. The summed E-state index contributed by atoms with van der Waals surface area (Å²) in [5.74, 6) is 0. The van der Waals surface area contributed by atoms with Gasteiger partial charge in [-0.15, -0.1) is 0 Å². The highest BCUT2D eigenvalue weighted by molar-refractivity contribution is 5.66. The Morgan fingerprint density at radius 1 is 0.947 bits per heavy atom. The Bertz CT molecular complexity index is 699. The molecule has 0 radical (unpaired) electrons. The monoisotopic (exact) mass is 249 g/mol. The molecule has 0 atom stereocenters. The minimum absolute atomic E-state index is 0.725. The molecule has 0 spiro atoms. The van der Waals surface area contributed by atoms with Crippen molar-refractivity contribution in [1.82, 2.24) is 9.78 Å². The van der Waals surface area contributed by atoms with Crippen LogP contribution in [0, 0.1) is 6.92 Å². The molecule has 2 N–H and O–H groups in total. The van der Waals surface area contributed by atoms with Crippen molar-refractivity contribution >= 4 is 5.69 Å². The summed E-state index contributed by atoms with van der Waals surface area (Å²) in [4.78, 5) is 0. The Labute approximate surface area is 112 Å². The van der Waals surface area contributed by atoms with E-state index in [9.17, 15) is 0 Å². The topological polar surface area (TPSA) is 43.8 Å². The molecule has 94 valence electrons. The summed E-state index contributed by atoms with van der Waals surface area (Å²) >= 11 is 0. The normalized spacial score (nSPS) is 10.6. The van der Waals surface area contributed by atoms with E-state index in [0.717, 1.165) is 28.3 Å². The van der Waals surface area contributed by atoms with E-state index in [4.69, 9.17) is 5.73 Å². The van der Waals surface area contributed by atoms with E-state index in [2.05, 4.69) is 23.3 Å². The fourth-order valence-corrected chi connectivity index (χ4v) is 2.18. The van der Waals surface area contributed by atoms with Gasteiger partial charge in [-0.25, -0.2) is 4.68 Å². The number of nitrogen functional groups attached to an aromatic ring is 1. The number of aromatic nitrogens is 2. The molecule has 0 aliphatic carbocycles. The zero-order chi connectivity index (χ0) is 13.2. The van der Waals surface area contributed by atoms with Crippen LogP contribution in [0.3, 0.4) is 0 Å². The maximum atomic E-state index is 6.05. The molecule has 3 rings (SSSR count). The van der Waals surface area contributed by atoms with Crippen LogP contribution in [0.2, 0.25) is 0 Å². The van der Waals surface area contributed by atoms with Crippen LogP contribution in [0.4, 0.5) is 5.69 Å². The van der Waals surface area contributed by atoms with Gasteiger partial charge in [-0.1, -0.05) is 42.5 Å². The van der Waals surface area contributed by atoms with E-state index in [1.807, 2.05) is 54.1 Å². The Kier molecular flexibility index (Phi) is 2.80. The molecule has 0 bridgehead atoms. The Balaban J connectivity index is 2.21. The molecule has 0 amide bonds. The fraction of sp³-hybridized carbons (Fsp3) is 0.0625. The molecule has 0 fully saturated rings. The van der Waals surface area contributed by atoms with Gasteiger partial charge in [0.05, 0.1) is 22.8 Å². The maximum absolute atomic E-state index is 6.05. The Morgan fingerprint density at radius 3 is 2.37 bits per heavy atom. The molecule has 0 saturated carbocycles. The molecule has 0 unspecified atom stereocenters. The molecule has 2 aromatic carbocycles. The van der Waals surface area contributed by atoms with Gasteiger partial charge in [0.1, 0.15) is 0 Å². The highest BCUT2D eigenvalue weighted by atomic mass is 15.3. The van der Waals surface area contributed by atoms with Crippen molar-refractivity contribution in [1.29, 1.82) is 0 Å². The van der Waals surface area contributed by atoms with Crippen LogP contribution in [-0.4, -0.2) is 9.78 Å². The summed E-state index contributed by atoms with van der Waals surface area (Å²) in [5, 5.41) is 4.55. The van der Waals surface area contributed by atoms with Gasteiger partial charge in [0.25, 0.3) is 0 Å². The molecular formula is C16H15N3. The third kappa shape index (κ3) is 2.10. The van der Waals surface area contributed by atoms with E-state index in [1.165, 1.54) is 0 Å². The zero-order valence-corrected chi connectivity index (χ0v) is 10.7. The number of anilines is 1. The molecule has 3 nitrogen and oxygen atoms in total. The quantitative estimate of drug-likeness (QED) is 0.707. The van der Waals surface area contributed by atoms with Gasteiger partial charge >= 0.3 is 0 Å². The van der Waals surface area contributed by atoms with Crippen molar-refractivity contribution < 1.29 is 0 Å². The smallest absolute Gasteiger partial charge is 0.0882 e. The molecular weight excluding hydrogens is 234 g/mol. The number of benzene rings is 2. The summed E-state index contributed by atoms with van der Waals surface area (Å²) in [6.45, 7) is 1.99. The number of aryl methyl sites for hydroxylation is 1. The van der Waals surface area contributed by atoms with Crippen LogP contribution in [-0.2, 0) is 0 Å². The summed E-state index contributed by atoms with van der Waals surface area (Å²) in [6.07, 6.45) is 0. The first-order valence-corrected chi connectivity index (χ1v) is 6.22. The first-order chi connectivity index (χ1) is 9.25. The second-order valence-electron chi connectivity index (χ2n) is 4.51. The van der Waals surface area contributed by atoms with Gasteiger partial charge in [-0.05, 0) is 25.1 Å². The third-order valence-corrected chi connectivity index (χ3v) is 3.07. The number of hydrogen-bond acceptors (Lipinski definition) is 2. The van der Waals surface area contributed by atoms with Crippen LogP contribution in [0.1, 0.15) is 5.69 Å². The van der Waals surface area contributed by atoms with Crippen LogP contribution in [0.25, 0.3) is 16.9 Å². The first kappa shape index (κ1) is 11.5. The lowest BCUT2D eigenvalue weighted by Crippen LogP contribution is -2.03. The number of para-hydroxylation sites is 2. The third-order valence-electron chi connectivity index (χ3n) is 3.07. The summed E-state index contributed by atoms with van der Waals surface area (Å²) < 4.78 is 1.90. The van der Waals surface area contributed by atoms with Crippen LogP contribution < -0.4 is 5.73 Å². The summed E-state index contributed by atoms with van der Waals surface area (Å²) in [7, 11) is 0. The first-order valence-electron chi connectivity index (χ1n) is 6.22. The van der Waals surface area contributed by atoms with Gasteiger partial charge in [0.15, 0.2) is 0 Å². The van der Waals surface area contributed by atoms with Crippen molar-refractivity contribution in [3.63, 3.8) is 0 Å². The Morgan fingerprint density at radius 2 is 1.63 bits per heavy atom. The highest BCUT2D eigenvalue weighted by Crippen LogP contribution is 2.26. The fourth-order valence-electron chi connectivity index (χ4n) is 2.18. The molecule has 0 aliphatic rings. The van der Waals surface area contributed by atoms with Gasteiger partial charge < -0.3 is 5.73 Å². The average Bonchev–Trinajstić information content (AvgIpc) is 2.82. The van der Waals surface area contributed by atoms with E-state index in [1.54, 1.807) is 0 Å². The van der Waals surface area contributed by atoms with Gasteiger partial charge in [0.2, 0.25) is 0 Å². The van der Waals surface area contributed by atoms with Crippen molar-refractivity contribution in [2.75, 3.05) is 5.73 Å². The van der Waals surface area contributed by atoms with Gasteiger partial charge in [-0.2, -0.15) is 5.10 Å². The molecule has 1 aromatic heterocycles. The van der Waals surface area contributed by atoms with Gasteiger partial charge in [-0.3, -0.25) is 0 Å². The van der Waals surface area contributed by atoms with E-state index < -0.39 is 0 Å². The highest BCUT2D eigenvalue weighted by Gasteiger charge is 2.11. The van der Waals surface area contributed by atoms with Crippen LogP contribution >= 0.6 is 0 Å². The summed E-state index contributed by atoms with van der Waals surface area (Å²) in [5.41, 5.74) is 10.8.